The summed E-state index contributed by atoms with van der Waals surface area (Å²) in [6, 6.07) is 0. The Hall–Kier alpha value is -1.43. The molecule has 1 N–H and O–H groups in total. The molecule has 0 radical (unpaired) electrons. The van der Waals surface area contributed by atoms with Crippen LogP contribution in [0.25, 0.3) is 0 Å². The number of likely N-dealkylation sites (tertiary alicyclic amines) is 1. The normalized spacial score (nSPS) is 24.6. The Kier molecular flexibility index (Phi) is 3.65. The number of hydrogen-bond donors (Lipinski definition) is 1. The molecule has 0 aliphatic carbocycles. The van der Waals surface area contributed by atoms with Gasteiger partial charge in [-0.05, 0) is 19.4 Å². The minimum absolute atomic E-state index is 0.559. The molecule has 1 aromatic rings. The lowest BCUT2D eigenvalue weighted by atomic mass is 9.83. The predicted octanol–water partition coefficient (Wildman–Crippen LogP) is 0.892. The van der Waals surface area contributed by atoms with E-state index in [2.05, 4.69) is 15.2 Å². The number of aromatic nitrogens is 3. The number of carbonyl (C=O) groups is 1. The summed E-state index contributed by atoms with van der Waals surface area (Å²) in [4.78, 5) is 13.6. The van der Waals surface area contributed by atoms with Gasteiger partial charge in [0.1, 0.15) is 0 Å². The minimum Gasteiger partial charge on any atom is -0.481 e. The van der Waals surface area contributed by atoms with E-state index in [0.717, 1.165) is 31.5 Å². The zero-order valence-corrected chi connectivity index (χ0v) is 11.0. The van der Waals surface area contributed by atoms with E-state index in [4.69, 9.17) is 0 Å². The van der Waals surface area contributed by atoms with Crippen molar-refractivity contribution in [2.24, 2.45) is 12.5 Å². The topological polar surface area (TPSA) is 71.2 Å². The van der Waals surface area contributed by atoms with E-state index in [9.17, 15) is 9.90 Å². The van der Waals surface area contributed by atoms with Crippen LogP contribution in [0.4, 0.5) is 0 Å². The van der Waals surface area contributed by atoms with Gasteiger partial charge in [0.05, 0.1) is 11.1 Å². The molecular formula is C12H20N4O2. The van der Waals surface area contributed by atoms with Gasteiger partial charge in [0, 0.05) is 26.3 Å². The van der Waals surface area contributed by atoms with Gasteiger partial charge >= 0.3 is 5.97 Å². The molecule has 100 valence electrons. The predicted molar refractivity (Wildman–Crippen MR) is 65.9 cm³/mol. The van der Waals surface area contributed by atoms with Crippen molar-refractivity contribution in [3.8, 4) is 0 Å². The average molecular weight is 252 g/mol. The Bertz CT molecular complexity index is 431. The van der Waals surface area contributed by atoms with Crippen molar-refractivity contribution < 1.29 is 9.90 Å². The Morgan fingerprint density at radius 3 is 2.94 bits per heavy atom. The first kappa shape index (κ1) is 13.0. The Balaban J connectivity index is 2.00. The molecule has 0 amide bonds. The molecule has 0 saturated carbocycles. The lowest BCUT2D eigenvalue weighted by Gasteiger charge is -2.23. The number of aryl methyl sites for hydroxylation is 1. The molecule has 0 spiro atoms. The Morgan fingerprint density at radius 2 is 2.39 bits per heavy atom. The molecular weight excluding hydrogens is 232 g/mol. The quantitative estimate of drug-likeness (QED) is 0.842. The Morgan fingerprint density at radius 1 is 1.61 bits per heavy atom. The van der Waals surface area contributed by atoms with E-state index in [0.29, 0.717) is 13.1 Å². The minimum atomic E-state index is -0.661. The van der Waals surface area contributed by atoms with Gasteiger partial charge in [0.15, 0.2) is 0 Å². The highest BCUT2D eigenvalue weighted by Crippen LogP contribution is 2.35. The van der Waals surface area contributed by atoms with Gasteiger partial charge in [-0.25, -0.2) is 0 Å². The third kappa shape index (κ3) is 2.53. The van der Waals surface area contributed by atoms with Crippen molar-refractivity contribution in [2.45, 2.75) is 32.7 Å². The van der Waals surface area contributed by atoms with Crippen LogP contribution in [0.2, 0.25) is 0 Å². The summed E-state index contributed by atoms with van der Waals surface area (Å²) in [6.45, 7) is 4.16. The van der Waals surface area contributed by atoms with Crippen LogP contribution >= 0.6 is 0 Å². The van der Waals surface area contributed by atoms with E-state index in [-0.39, 0.29) is 0 Å². The zero-order valence-electron chi connectivity index (χ0n) is 11.0. The van der Waals surface area contributed by atoms with Crippen molar-refractivity contribution >= 4 is 5.97 Å². The fourth-order valence-corrected chi connectivity index (χ4v) is 2.75. The molecule has 6 nitrogen and oxygen atoms in total. The largest absolute Gasteiger partial charge is 0.481 e. The number of nitrogens with zero attached hydrogens (tertiary/aromatic N) is 4. The average Bonchev–Trinajstić information content (AvgIpc) is 2.88. The van der Waals surface area contributed by atoms with Crippen LogP contribution in [-0.2, 0) is 18.4 Å². The number of carboxylic acid groups (broad SMARTS) is 1. The van der Waals surface area contributed by atoms with Gasteiger partial charge in [-0.2, -0.15) is 0 Å². The maximum atomic E-state index is 11.5. The zero-order chi connectivity index (χ0) is 13.2. The van der Waals surface area contributed by atoms with Crippen LogP contribution in [0.5, 0.6) is 0 Å². The molecule has 0 bridgehead atoms. The third-order valence-electron chi connectivity index (χ3n) is 3.65. The SMILES string of the molecule is CCCC1(C(=O)O)CCN(Cc2cn(C)nn2)C1. The first-order valence-electron chi connectivity index (χ1n) is 6.37. The molecule has 6 heteroatoms. The summed E-state index contributed by atoms with van der Waals surface area (Å²) in [7, 11) is 1.83. The fourth-order valence-electron chi connectivity index (χ4n) is 2.75. The number of hydrogen-bond acceptors (Lipinski definition) is 4. The van der Waals surface area contributed by atoms with Crippen LogP contribution in [0.15, 0.2) is 6.20 Å². The lowest BCUT2D eigenvalue weighted by Crippen LogP contribution is -2.34. The van der Waals surface area contributed by atoms with Gasteiger partial charge in [-0.1, -0.05) is 18.6 Å². The lowest BCUT2D eigenvalue weighted by molar-refractivity contribution is -0.148. The van der Waals surface area contributed by atoms with Crippen molar-refractivity contribution in [2.75, 3.05) is 13.1 Å². The smallest absolute Gasteiger partial charge is 0.310 e. The van der Waals surface area contributed by atoms with Crippen LogP contribution in [0, 0.1) is 5.41 Å². The summed E-state index contributed by atoms with van der Waals surface area (Å²) < 4.78 is 1.67. The summed E-state index contributed by atoms with van der Waals surface area (Å²) in [5.41, 5.74) is 0.340. The van der Waals surface area contributed by atoms with Gasteiger partial charge in [0.25, 0.3) is 0 Å². The van der Waals surface area contributed by atoms with E-state index < -0.39 is 11.4 Å². The van der Waals surface area contributed by atoms with Gasteiger partial charge in [-0.3, -0.25) is 14.4 Å². The monoisotopic (exact) mass is 252 g/mol. The van der Waals surface area contributed by atoms with E-state index in [1.54, 1.807) is 4.68 Å². The second-order valence-electron chi connectivity index (χ2n) is 5.18. The van der Waals surface area contributed by atoms with Crippen molar-refractivity contribution in [1.29, 1.82) is 0 Å². The highest BCUT2D eigenvalue weighted by molar-refractivity contribution is 5.75. The van der Waals surface area contributed by atoms with Crippen LogP contribution in [0.1, 0.15) is 31.9 Å². The molecule has 2 rings (SSSR count). The van der Waals surface area contributed by atoms with E-state index >= 15 is 0 Å². The summed E-state index contributed by atoms with van der Waals surface area (Å²) in [5, 5.41) is 17.4. The van der Waals surface area contributed by atoms with Crippen molar-refractivity contribution in [3.05, 3.63) is 11.9 Å². The van der Waals surface area contributed by atoms with E-state index in [1.165, 1.54) is 0 Å². The maximum absolute atomic E-state index is 11.5. The molecule has 1 unspecified atom stereocenters. The molecule has 1 saturated heterocycles. The summed E-state index contributed by atoms with van der Waals surface area (Å²) >= 11 is 0. The van der Waals surface area contributed by atoms with Gasteiger partial charge < -0.3 is 5.11 Å². The van der Waals surface area contributed by atoms with Crippen molar-refractivity contribution in [3.63, 3.8) is 0 Å². The molecule has 1 aliphatic heterocycles. The van der Waals surface area contributed by atoms with E-state index in [1.807, 2.05) is 20.2 Å². The second-order valence-corrected chi connectivity index (χ2v) is 5.18. The standard InChI is InChI=1S/C12H20N4O2/c1-3-4-12(11(17)18)5-6-16(9-12)8-10-7-15(2)14-13-10/h7H,3-6,8-9H2,1-2H3,(H,17,18). The molecule has 1 fully saturated rings. The van der Waals surface area contributed by atoms with Gasteiger partial charge in [-0.15, -0.1) is 5.10 Å². The first-order chi connectivity index (χ1) is 8.55. The number of rotatable bonds is 5. The third-order valence-corrected chi connectivity index (χ3v) is 3.65. The second kappa shape index (κ2) is 5.06. The van der Waals surface area contributed by atoms with Crippen LogP contribution in [0.3, 0.4) is 0 Å². The highest BCUT2D eigenvalue weighted by atomic mass is 16.4. The van der Waals surface area contributed by atoms with Crippen molar-refractivity contribution in [1.82, 2.24) is 19.9 Å². The fraction of sp³-hybridized carbons (Fsp3) is 0.750. The maximum Gasteiger partial charge on any atom is 0.310 e. The molecule has 18 heavy (non-hydrogen) atoms. The molecule has 0 aromatic carbocycles. The Labute approximate surface area is 107 Å². The molecule has 1 atom stereocenters. The summed E-state index contributed by atoms with van der Waals surface area (Å²) in [5.74, 6) is -0.661. The first-order valence-corrected chi connectivity index (χ1v) is 6.37. The van der Waals surface area contributed by atoms with Crippen LogP contribution < -0.4 is 0 Å². The molecule has 1 aliphatic rings. The number of carboxylic acids is 1. The molecule has 1 aromatic heterocycles. The van der Waals surface area contributed by atoms with Crippen LogP contribution in [-0.4, -0.2) is 44.1 Å². The van der Waals surface area contributed by atoms with Gasteiger partial charge in [0.2, 0.25) is 0 Å². The summed E-state index contributed by atoms with van der Waals surface area (Å²) in [6.07, 6.45) is 4.27. The highest BCUT2D eigenvalue weighted by Gasteiger charge is 2.43. The molecule has 2 heterocycles. The number of aliphatic carboxylic acids is 1.